The van der Waals surface area contributed by atoms with Crippen LogP contribution >= 0.6 is 11.3 Å². The SMILES string of the molecule is CCN(CC)CCOc1nnc(CO)s1. The summed E-state index contributed by atoms with van der Waals surface area (Å²) in [4.78, 5) is 2.27. The fraction of sp³-hybridized carbons (Fsp3) is 0.778. The molecule has 0 amide bonds. The van der Waals surface area contributed by atoms with Crippen molar-refractivity contribution in [2.75, 3.05) is 26.2 Å². The molecule has 1 rings (SSSR count). The Balaban J connectivity index is 2.25. The third-order valence-corrected chi connectivity index (χ3v) is 2.93. The van der Waals surface area contributed by atoms with Gasteiger partial charge in [-0.1, -0.05) is 30.3 Å². The van der Waals surface area contributed by atoms with Crippen LogP contribution in [0.25, 0.3) is 0 Å². The fourth-order valence-electron chi connectivity index (χ4n) is 1.16. The summed E-state index contributed by atoms with van der Waals surface area (Å²) in [6.45, 7) is 7.73. The van der Waals surface area contributed by atoms with Crippen LogP contribution in [0.5, 0.6) is 5.19 Å². The lowest BCUT2D eigenvalue weighted by molar-refractivity contribution is 0.221. The molecule has 0 saturated heterocycles. The highest BCUT2D eigenvalue weighted by Crippen LogP contribution is 2.17. The molecule has 5 nitrogen and oxygen atoms in total. The maximum Gasteiger partial charge on any atom is 0.294 e. The molecule has 1 heterocycles. The van der Waals surface area contributed by atoms with Crippen molar-refractivity contribution in [3.05, 3.63) is 5.01 Å². The van der Waals surface area contributed by atoms with Crippen LogP contribution in [0.15, 0.2) is 0 Å². The second-order valence-electron chi connectivity index (χ2n) is 3.00. The van der Waals surface area contributed by atoms with Crippen molar-refractivity contribution >= 4 is 11.3 Å². The summed E-state index contributed by atoms with van der Waals surface area (Å²) < 4.78 is 5.41. The fourth-order valence-corrected chi connectivity index (χ4v) is 1.73. The molecule has 0 unspecified atom stereocenters. The normalized spacial score (nSPS) is 10.9. The highest BCUT2D eigenvalue weighted by atomic mass is 32.1. The molecular formula is C9H17N3O2S. The van der Waals surface area contributed by atoms with Gasteiger partial charge in [-0.15, -0.1) is 5.10 Å². The molecule has 6 heteroatoms. The minimum atomic E-state index is -0.0723. The minimum absolute atomic E-state index is 0.0723. The molecule has 0 atom stereocenters. The van der Waals surface area contributed by atoms with Crippen molar-refractivity contribution in [2.45, 2.75) is 20.5 Å². The first-order chi connectivity index (χ1) is 7.30. The van der Waals surface area contributed by atoms with Crippen LogP contribution in [-0.4, -0.2) is 46.4 Å². The van der Waals surface area contributed by atoms with E-state index in [1.807, 2.05) is 0 Å². The molecule has 0 aliphatic heterocycles. The standard InChI is InChI=1S/C9H17N3O2S/c1-3-12(4-2)5-6-14-9-11-10-8(7-13)15-9/h13H,3-7H2,1-2H3. The number of rotatable bonds is 7. The highest BCUT2D eigenvalue weighted by molar-refractivity contribution is 7.13. The largest absolute Gasteiger partial charge is 0.468 e. The maximum atomic E-state index is 8.78. The Morgan fingerprint density at radius 3 is 2.60 bits per heavy atom. The van der Waals surface area contributed by atoms with E-state index in [2.05, 4.69) is 28.9 Å². The number of hydrogen-bond donors (Lipinski definition) is 1. The van der Waals surface area contributed by atoms with Crippen molar-refractivity contribution in [1.82, 2.24) is 15.1 Å². The first kappa shape index (κ1) is 12.4. The predicted octanol–water partition coefficient (Wildman–Crippen LogP) is 0.751. The third kappa shape index (κ3) is 4.11. The zero-order chi connectivity index (χ0) is 11.1. The highest BCUT2D eigenvalue weighted by Gasteiger charge is 2.04. The van der Waals surface area contributed by atoms with Gasteiger partial charge >= 0.3 is 0 Å². The van der Waals surface area contributed by atoms with E-state index < -0.39 is 0 Å². The number of aliphatic hydroxyl groups is 1. The van der Waals surface area contributed by atoms with E-state index in [1.165, 1.54) is 11.3 Å². The molecule has 0 radical (unpaired) electrons. The van der Waals surface area contributed by atoms with Crippen molar-refractivity contribution in [3.8, 4) is 5.19 Å². The summed E-state index contributed by atoms with van der Waals surface area (Å²) in [6, 6.07) is 0. The molecule has 15 heavy (non-hydrogen) atoms. The van der Waals surface area contributed by atoms with Crippen LogP contribution in [0.1, 0.15) is 18.9 Å². The van der Waals surface area contributed by atoms with E-state index >= 15 is 0 Å². The molecule has 1 aromatic heterocycles. The number of ether oxygens (including phenoxy) is 1. The van der Waals surface area contributed by atoms with Crippen LogP contribution in [0.3, 0.4) is 0 Å². The monoisotopic (exact) mass is 231 g/mol. The van der Waals surface area contributed by atoms with Crippen molar-refractivity contribution in [2.24, 2.45) is 0 Å². The van der Waals surface area contributed by atoms with Crippen LogP contribution in [0.2, 0.25) is 0 Å². The second-order valence-corrected chi connectivity index (χ2v) is 4.02. The molecule has 0 aliphatic carbocycles. The number of nitrogens with zero attached hydrogens (tertiary/aromatic N) is 3. The van der Waals surface area contributed by atoms with Gasteiger partial charge in [-0.25, -0.2) is 0 Å². The average Bonchev–Trinajstić information content (AvgIpc) is 2.72. The Kier molecular flexibility index (Phi) is 5.52. The number of aliphatic hydroxyl groups excluding tert-OH is 1. The molecule has 0 aliphatic rings. The van der Waals surface area contributed by atoms with E-state index in [1.54, 1.807) is 0 Å². The van der Waals surface area contributed by atoms with Gasteiger partial charge in [0.2, 0.25) is 0 Å². The summed E-state index contributed by atoms with van der Waals surface area (Å²) in [5, 5.41) is 17.5. The topological polar surface area (TPSA) is 58.5 Å². The van der Waals surface area contributed by atoms with Gasteiger partial charge in [0.25, 0.3) is 5.19 Å². The molecular weight excluding hydrogens is 214 g/mol. The van der Waals surface area contributed by atoms with Crippen molar-refractivity contribution in [1.29, 1.82) is 0 Å². The maximum absolute atomic E-state index is 8.78. The minimum Gasteiger partial charge on any atom is -0.468 e. The zero-order valence-electron chi connectivity index (χ0n) is 9.14. The number of hydrogen-bond acceptors (Lipinski definition) is 6. The van der Waals surface area contributed by atoms with Gasteiger partial charge in [-0.2, -0.15) is 0 Å². The van der Waals surface area contributed by atoms with Crippen LogP contribution in [0.4, 0.5) is 0 Å². The molecule has 0 aromatic carbocycles. The van der Waals surface area contributed by atoms with E-state index in [0.717, 1.165) is 19.6 Å². The van der Waals surface area contributed by atoms with E-state index in [0.29, 0.717) is 16.8 Å². The molecule has 1 N–H and O–H groups in total. The summed E-state index contributed by atoms with van der Waals surface area (Å²) in [5.74, 6) is 0. The van der Waals surface area contributed by atoms with Gasteiger partial charge in [-0.05, 0) is 13.1 Å². The number of aromatic nitrogens is 2. The zero-order valence-corrected chi connectivity index (χ0v) is 9.96. The third-order valence-electron chi connectivity index (χ3n) is 2.11. The number of likely N-dealkylation sites (N-methyl/N-ethyl adjacent to an activating group) is 1. The Hall–Kier alpha value is -0.720. The van der Waals surface area contributed by atoms with Crippen LogP contribution < -0.4 is 4.74 Å². The Morgan fingerprint density at radius 1 is 1.33 bits per heavy atom. The van der Waals surface area contributed by atoms with Crippen molar-refractivity contribution in [3.63, 3.8) is 0 Å². The second kappa shape index (κ2) is 6.71. The van der Waals surface area contributed by atoms with Gasteiger partial charge in [0.15, 0.2) is 0 Å². The molecule has 0 saturated carbocycles. The predicted molar refractivity (Wildman–Crippen MR) is 59.1 cm³/mol. The molecule has 0 bridgehead atoms. The van der Waals surface area contributed by atoms with Crippen molar-refractivity contribution < 1.29 is 9.84 Å². The van der Waals surface area contributed by atoms with Gasteiger partial charge in [0, 0.05) is 6.54 Å². The lowest BCUT2D eigenvalue weighted by atomic mass is 10.5. The molecule has 0 fully saturated rings. The summed E-state index contributed by atoms with van der Waals surface area (Å²) in [6.07, 6.45) is 0. The van der Waals surface area contributed by atoms with E-state index in [4.69, 9.17) is 9.84 Å². The van der Waals surface area contributed by atoms with E-state index in [9.17, 15) is 0 Å². The smallest absolute Gasteiger partial charge is 0.294 e. The molecule has 0 spiro atoms. The van der Waals surface area contributed by atoms with Gasteiger partial charge in [0.05, 0.1) is 6.61 Å². The summed E-state index contributed by atoms with van der Waals surface area (Å²) in [7, 11) is 0. The molecule has 86 valence electrons. The lowest BCUT2D eigenvalue weighted by Crippen LogP contribution is -2.27. The quantitative estimate of drug-likeness (QED) is 0.750. The summed E-state index contributed by atoms with van der Waals surface area (Å²) in [5.41, 5.74) is 0. The first-order valence-electron chi connectivity index (χ1n) is 5.08. The Labute approximate surface area is 93.7 Å². The Bertz CT molecular complexity index is 276. The van der Waals surface area contributed by atoms with Gasteiger partial charge in [-0.3, -0.25) is 0 Å². The van der Waals surface area contributed by atoms with Gasteiger partial charge < -0.3 is 14.7 Å². The average molecular weight is 231 g/mol. The molecule has 1 aromatic rings. The van der Waals surface area contributed by atoms with Crippen LogP contribution in [-0.2, 0) is 6.61 Å². The summed E-state index contributed by atoms with van der Waals surface area (Å²) >= 11 is 1.29. The lowest BCUT2D eigenvalue weighted by Gasteiger charge is -2.16. The first-order valence-corrected chi connectivity index (χ1v) is 5.90. The van der Waals surface area contributed by atoms with E-state index in [-0.39, 0.29) is 6.61 Å². The Morgan fingerprint density at radius 2 is 2.07 bits per heavy atom. The van der Waals surface area contributed by atoms with Gasteiger partial charge in [0.1, 0.15) is 11.6 Å². The van der Waals surface area contributed by atoms with Crippen LogP contribution in [0, 0.1) is 0 Å².